The monoisotopic (exact) mass is 208 g/mol. The van der Waals surface area contributed by atoms with Crippen molar-refractivity contribution < 1.29 is 5.11 Å². The summed E-state index contributed by atoms with van der Waals surface area (Å²) in [6, 6.07) is 0. The quantitative estimate of drug-likeness (QED) is 0.669. The van der Waals surface area contributed by atoms with Crippen LogP contribution in [0.1, 0.15) is 32.1 Å². The number of fused-ring (bicyclic) bond motifs is 1. The summed E-state index contributed by atoms with van der Waals surface area (Å²) in [6.07, 6.45) is 13.3. The predicted molar refractivity (Wildman–Crippen MR) is 60.1 cm³/mol. The standard InChI is InChI=1S/C12H16OS/c13-12-7-6-10(8-11(12)14-12)9-4-2-1-3-5-9/h6-9,11,13H,1-5H2. The van der Waals surface area contributed by atoms with Crippen molar-refractivity contribution in [2.24, 2.45) is 5.92 Å². The normalized spacial score (nSPS) is 41.8. The van der Waals surface area contributed by atoms with Gasteiger partial charge in [0, 0.05) is 0 Å². The minimum absolute atomic E-state index is 0.365. The first-order valence-electron chi connectivity index (χ1n) is 5.59. The molecule has 1 heterocycles. The van der Waals surface area contributed by atoms with E-state index in [4.69, 9.17) is 0 Å². The fourth-order valence-electron chi connectivity index (χ4n) is 2.61. The Morgan fingerprint density at radius 1 is 1.29 bits per heavy atom. The maximum atomic E-state index is 9.80. The molecule has 3 rings (SSSR count). The average Bonchev–Trinajstić information content (AvgIpc) is 2.90. The Labute approximate surface area is 89.3 Å². The maximum Gasteiger partial charge on any atom is 0.145 e. The third-order valence-electron chi connectivity index (χ3n) is 3.60. The number of thioether (sulfide) groups is 1. The van der Waals surface area contributed by atoms with Crippen LogP contribution in [0.5, 0.6) is 0 Å². The van der Waals surface area contributed by atoms with E-state index in [2.05, 4.69) is 12.2 Å². The van der Waals surface area contributed by atoms with Crippen molar-refractivity contribution in [2.75, 3.05) is 0 Å². The summed E-state index contributed by atoms with van der Waals surface area (Å²) in [7, 11) is 0. The van der Waals surface area contributed by atoms with Gasteiger partial charge in [-0.2, -0.15) is 0 Å². The van der Waals surface area contributed by atoms with Gasteiger partial charge >= 0.3 is 0 Å². The van der Waals surface area contributed by atoms with Crippen LogP contribution in [0.3, 0.4) is 0 Å². The minimum atomic E-state index is -0.516. The Hall–Kier alpha value is -0.210. The molecule has 2 fully saturated rings. The number of hydrogen-bond acceptors (Lipinski definition) is 2. The predicted octanol–water partition coefficient (Wildman–Crippen LogP) is 2.87. The molecule has 0 aromatic rings. The highest BCUT2D eigenvalue weighted by atomic mass is 32.2. The molecule has 2 atom stereocenters. The molecule has 2 unspecified atom stereocenters. The second-order valence-corrected chi connectivity index (χ2v) is 6.02. The molecule has 0 spiro atoms. The molecular formula is C12H16OS. The van der Waals surface area contributed by atoms with E-state index in [9.17, 15) is 5.11 Å². The van der Waals surface area contributed by atoms with Gasteiger partial charge in [0.25, 0.3) is 0 Å². The Balaban J connectivity index is 1.74. The smallest absolute Gasteiger partial charge is 0.145 e. The van der Waals surface area contributed by atoms with Gasteiger partial charge in [0.1, 0.15) is 4.93 Å². The van der Waals surface area contributed by atoms with E-state index >= 15 is 0 Å². The summed E-state index contributed by atoms with van der Waals surface area (Å²) in [5.74, 6) is 0.783. The maximum absolute atomic E-state index is 9.80. The van der Waals surface area contributed by atoms with E-state index in [0.29, 0.717) is 5.25 Å². The number of allylic oxidation sites excluding steroid dienone is 2. The van der Waals surface area contributed by atoms with Gasteiger partial charge < -0.3 is 5.11 Å². The van der Waals surface area contributed by atoms with E-state index < -0.39 is 4.93 Å². The Morgan fingerprint density at radius 3 is 2.79 bits per heavy atom. The van der Waals surface area contributed by atoms with Crippen molar-refractivity contribution in [3.63, 3.8) is 0 Å². The highest BCUT2D eigenvalue weighted by Gasteiger charge is 2.52. The molecule has 1 saturated carbocycles. The Kier molecular flexibility index (Phi) is 2.03. The first-order valence-corrected chi connectivity index (χ1v) is 6.47. The molecule has 1 nitrogen and oxygen atoms in total. The van der Waals surface area contributed by atoms with Crippen LogP contribution in [0.15, 0.2) is 23.8 Å². The lowest BCUT2D eigenvalue weighted by Gasteiger charge is -2.24. The van der Waals surface area contributed by atoms with Crippen LogP contribution in [0.25, 0.3) is 0 Å². The van der Waals surface area contributed by atoms with Crippen LogP contribution >= 0.6 is 11.8 Å². The molecule has 1 N–H and O–H groups in total. The Morgan fingerprint density at radius 2 is 2.07 bits per heavy atom. The molecule has 0 aromatic heterocycles. The van der Waals surface area contributed by atoms with Crippen LogP contribution < -0.4 is 0 Å². The first kappa shape index (κ1) is 9.05. The van der Waals surface area contributed by atoms with Crippen molar-refractivity contribution in [3.05, 3.63) is 23.8 Å². The largest absolute Gasteiger partial charge is 0.374 e. The van der Waals surface area contributed by atoms with Gasteiger partial charge in [0.05, 0.1) is 5.25 Å². The van der Waals surface area contributed by atoms with Crippen molar-refractivity contribution in [2.45, 2.75) is 42.3 Å². The molecule has 0 radical (unpaired) electrons. The molecule has 0 bridgehead atoms. The highest BCUT2D eigenvalue weighted by Crippen LogP contribution is 2.56. The van der Waals surface area contributed by atoms with Crippen LogP contribution in [-0.2, 0) is 0 Å². The van der Waals surface area contributed by atoms with Gasteiger partial charge in [-0.05, 0) is 30.4 Å². The molecule has 3 aliphatic rings. The van der Waals surface area contributed by atoms with E-state index in [1.54, 1.807) is 11.8 Å². The van der Waals surface area contributed by atoms with Crippen LogP contribution in [0.4, 0.5) is 0 Å². The van der Waals surface area contributed by atoms with Crippen LogP contribution in [-0.4, -0.2) is 15.3 Å². The third-order valence-corrected chi connectivity index (χ3v) is 4.86. The fourth-order valence-corrected chi connectivity index (χ4v) is 3.47. The van der Waals surface area contributed by atoms with Gasteiger partial charge in [-0.25, -0.2) is 0 Å². The zero-order chi connectivity index (χ0) is 9.60. The minimum Gasteiger partial charge on any atom is -0.374 e. The van der Waals surface area contributed by atoms with Crippen LogP contribution in [0.2, 0.25) is 0 Å². The lowest BCUT2D eigenvalue weighted by atomic mass is 9.82. The molecule has 14 heavy (non-hydrogen) atoms. The molecule has 0 aromatic carbocycles. The number of hydrogen-bond donors (Lipinski definition) is 1. The summed E-state index contributed by atoms with van der Waals surface area (Å²) in [6.45, 7) is 0. The van der Waals surface area contributed by atoms with E-state index in [1.807, 2.05) is 6.08 Å². The second kappa shape index (κ2) is 3.14. The fraction of sp³-hybridized carbons (Fsp3) is 0.667. The summed E-state index contributed by atoms with van der Waals surface area (Å²) in [5.41, 5.74) is 1.49. The van der Waals surface area contributed by atoms with Crippen molar-refractivity contribution >= 4 is 11.8 Å². The zero-order valence-corrected chi connectivity index (χ0v) is 9.09. The Bertz CT molecular complexity index is 301. The van der Waals surface area contributed by atoms with E-state index in [1.165, 1.54) is 37.7 Å². The van der Waals surface area contributed by atoms with Crippen molar-refractivity contribution in [1.82, 2.24) is 0 Å². The van der Waals surface area contributed by atoms with Gasteiger partial charge in [0.2, 0.25) is 0 Å². The summed E-state index contributed by atoms with van der Waals surface area (Å²) in [5, 5.41) is 10.2. The number of aliphatic hydroxyl groups is 1. The SMILES string of the molecule is OC12C=CC(C3CCCCC3)=CC1S2. The lowest BCUT2D eigenvalue weighted by Crippen LogP contribution is -2.16. The molecule has 1 saturated heterocycles. The topological polar surface area (TPSA) is 20.2 Å². The average molecular weight is 208 g/mol. The van der Waals surface area contributed by atoms with Gasteiger partial charge in [-0.15, -0.1) is 11.8 Å². The van der Waals surface area contributed by atoms with Crippen molar-refractivity contribution in [3.8, 4) is 0 Å². The van der Waals surface area contributed by atoms with Gasteiger partial charge in [-0.3, -0.25) is 0 Å². The third kappa shape index (κ3) is 1.45. The molecule has 0 amide bonds. The number of rotatable bonds is 1. The van der Waals surface area contributed by atoms with Crippen molar-refractivity contribution in [1.29, 1.82) is 0 Å². The summed E-state index contributed by atoms with van der Waals surface area (Å²) < 4.78 is 0. The second-order valence-electron chi connectivity index (χ2n) is 4.63. The summed E-state index contributed by atoms with van der Waals surface area (Å²) >= 11 is 1.66. The molecule has 2 aliphatic carbocycles. The summed E-state index contributed by atoms with van der Waals surface area (Å²) in [4.78, 5) is -0.516. The molecular weight excluding hydrogens is 192 g/mol. The first-order chi connectivity index (χ1) is 6.78. The van der Waals surface area contributed by atoms with E-state index in [-0.39, 0.29) is 0 Å². The zero-order valence-electron chi connectivity index (χ0n) is 8.28. The van der Waals surface area contributed by atoms with Gasteiger partial charge in [0.15, 0.2) is 0 Å². The molecule has 1 aliphatic heterocycles. The lowest BCUT2D eigenvalue weighted by molar-refractivity contribution is 0.227. The highest BCUT2D eigenvalue weighted by molar-refractivity contribution is 8.08. The van der Waals surface area contributed by atoms with E-state index in [0.717, 1.165) is 5.92 Å². The molecule has 2 heteroatoms. The molecule has 76 valence electrons. The van der Waals surface area contributed by atoms with Gasteiger partial charge in [-0.1, -0.05) is 31.4 Å². The van der Waals surface area contributed by atoms with Crippen LogP contribution in [0, 0.1) is 5.92 Å².